The number of allylic oxidation sites excluding steroid dienone is 4. The minimum Gasteiger partial charge on any atom is -0.399 e. The summed E-state index contributed by atoms with van der Waals surface area (Å²) in [6.45, 7) is 4.22. The predicted molar refractivity (Wildman–Crippen MR) is 87.6 cm³/mol. The van der Waals surface area contributed by atoms with E-state index in [9.17, 15) is 18.3 Å². The van der Waals surface area contributed by atoms with E-state index >= 15 is 0 Å². The molecule has 24 heavy (non-hydrogen) atoms. The SMILES string of the molecule is CO/N=C(\C=C\C[C@@H](C)C1=CC[C@H]2C(O)CCC[C@]12C)C(F)(F)F. The highest BCUT2D eigenvalue weighted by Crippen LogP contribution is 2.55. The lowest BCUT2D eigenvalue weighted by atomic mass is 9.63. The number of alkyl halides is 3. The zero-order chi connectivity index (χ0) is 18.0. The van der Waals surface area contributed by atoms with E-state index in [2.05, 4.69) is 23.0 Å². The molecule has 0 heterocycles. The van der Waals surface area contributed by atoms with Crippen LogP contribution in [0.5, 0.6) is 0 Å². The number of hydrogen-bond donors (Lipinski definition) is 1. The van der Waals surface area contributed by atoms with Gasteiger partial charge in [0, 0.05) is 0 Å². The third-order valence-corrected chi connectivity index (χ3v) is 5.51. The molecular formula is C18H26F3NO2. The number of nitrogens with zero attached hydrogens (tertiary/aromatic N) is 1. The second kappa shape index (κ2) is 7.30. The Kier molecular flexibility index (Phi) is 5.78. The number of rotatable bonds is 5. The van der Waals surface area contributed by atoms with E-state index in [0.29, 0.717) is 6.42 Å². The van der Waals surface area contributed by atoms with Crippen molar-refractivity contribution in [1.82, 2.24) is 0 Å². The zero-order valence-corrected chi connectivity index (χ0v) is 14.4. The maximum atomic E-state index is 12.8. The van der Waals surface area contributed by atoms with E-state index in [0.717, 1.165) is 38.9 Å². The van der Waals surface area contributed by atoms with Crippen molar-refractivity contribution >= 4 is 5.71 Å². The van der Waals surface area contributed by atoms with E-state index in [1.54, 1.807) is 0 Å². The zero-order valence-electron chi connectivity index (χ0n) is 14.4. The number of halogens is 3. The number of fused-ring (bicyclic) bond motifs is 1. The number of aliphatic hydroxyl groups excluding tert-OH is 1. The van der Waals surface area contributed by atoms with Gasteiger partial charge in [-0.15, -0.1) is 0 Å². The van der Waals surface area contributed by atoms with E-state index < -0.39 is 11.9 Å². The molecule has 136 valence electrons. The summed E-state index contributed by atoms with van der Waals surface area (Å²) in [6, 6.07) is 0. The summed E-state index contributed by atoms with van der Waals surface area (Å²) < 4.78 is 38.3. The maximum absolute atomic E-state index is 12.8. The standard InChI is InChI=1S/C18H26F3NO2/c1-12(6-4-8-16(22-24-3)18(19,20)21)13-9-10-14-15(23)7-5-11-17(13,14)2/h4,8-9,12,14-15,23H,5-7,10-11H2,1-3H3/b8-4+,22-16+/t12-,14+,15?,17-/m1/s1. The Bertz CT molecular complexity index is 539. The third-order valence-electron chi connectivity index (χ3n) is 5.51. The van der Waals surface area contributed by atoms with Crippen LogP contribution in [0.1, 0.15) is 46.0 Å². The topological polar surface area (TPSA) is 41.8 Å². The Balaban J connectivity index is 2.04. The fraction of sp³-hybridized carbons (Fsp3) is 0.722. The second-order valence-electron chi connectivity index (χ2n) is 7.07. The molecule has 2 aliphatic carbocycles. The van der Waals surface area contributed by atoms with Crippen molar-refractivity contribution in [1.29, 1.82) is 0 Å². The summed E-state index contributed by atoms with van der Waals surface area (Å²) in [5.74, 6) is 0.382. The molecule has 0 saturated heterocycles. The summed E-state index contributed by atoms with van der Waals surface area (Å²) in [6.07, 6.45) is 4.11. The summed E-state index contributed by atoms with van der Waals surface area (Å²) in [4.78, 5) is 4.26. The van der Waals surface area contributed by atoms with E-state index in [1.807, 2.05) is 6.92 Å². The van der Waals surface area contributed by atoms with Gasteiger partial charge in [0.15, 0.2) is 5.71 Å². The monoisotopic (exact) mass is 345 g/mol. The molecule has 1 fully saturated rings. The molecule has 1 N–H and O–H groups in total. The van der Waals surface area contributed by atoms with Gasteiger partial charge in [0.2, 0.25) is 0 Å². The van der Waals surface area contributed by atoms with Gasteiger partial charge >= 0.3 is 6.18 Å². The highest BCUT2D eigenvalue weighted by atomic mass is 19.4. The average molecular weight is 345 g/mol. The molecule has 1 unspecified atom stereocenters. The molecule has 2 aliphatic rings. The van der Waals surface area contributed by atoms with Crippen LogP contribution in [0.15, 0.2) is 29.0 Å². The quantitative estimate of drug-likeness (QED) is 0.448. The van der Waals surface area contributed by atoms with Crippen molar-refractivity contribution in [2.24, 2.45) is 22.4 Å². The molecular weight excluding hydrogens is 319 g/mol. The largest absolute Gasteiger partial charge is 0.436 e. The molecule has 0 bridgehead atoms. The van der Waals surface area contributed by atoms with Gasteiger partial charge in [0.05, 0.1) is 6.10 Å². The normalized spacial score (nSPS) is 32.6. The van der Waals surface area contributed by atoms with Crippen LogP contribution in [-0.4, -0.2) is 30.2 Å². The fourth-order valence-electron chi connectivity index (χ4n) is 4.30. The van der Waals surface area contributed by atoms with Crippen molar-refractivity contribution in [3.8, 4) is 0 Å². The molecule has 0 amide bonds. The van der Waals surface area contributed by atoms with Crippen LogP contribution in [0.2, 0.25) is 0 Å². The molecule has 0 aromatic heterocycles. The van der Waals surface area contributed by atoms with Crippen LogP contribution in [-0.2, 0) is 4.84 Å². The van der Waals surface area contributed by atoms with Gasteiger partial charge in [0.1, 0.15) is 7.11 Å². The van der Waals surface area contributed by atoms with Gasteiger partial charge in [0.25, 0.3) is 0 Å². The van der Waals surface area contributed by atoms with Crippen LogP contribution in [0, 0.1) is 17.3 Å². The third kappa shape index (κ3) is 3.85. The van der Waals surface area contributed by atoms with Gasteiger partial charge in [-0.1, -0.05) is 36.7 Å². The lowest BCUT2D eigenvalue weighted by Crippen LogP contribution is -2.39. The van der Waals surface area contributed by atoms with Gasteiger partial charge in [-0.25, -0.2) is 0 Å². The van der Waals surface area contributed by atoms with E-state index in [4.69, 9.17) is 0 Å². The number of hydrogen-bond acceptors (Lipinski definition) is 3. The molecule has 4 atom stereocenters. The second-order valence-corrected chi connectivity index (χ2v) is 7.07. The Morgan fingerprint density at radius 2 is 2.25 bits per heavy atom. The summed E-state index contributed by atoms with van der Waals surface area (Å²) in [5.41, 5.74) is 0.209. The fourth-order valence-corrected chi connectivity index (χ4v) is 4.30. The minimum atomic E-state index is -4.52. The molecule has 0 aromatic carbocycles. The predicted octanol–water partition coefficient (Wildman–Crippen LogP) is 4.63. The van der Waals surface area contributed by atoms with Crippen LogP contribution >= 0.6 is 0 Å². The van der Waals surface area contributed by atoms with Crippen molar-refractivity contribution in [2.45, 2.75) is 58.2 Å². The Hall–Kier alpha value is -1.30. The first-order valence-corrected chi connectivity index (χ1v) is 8.43. The summed E-state index contributed by atoms with van der Waals surface area (Å²) in [5, 5.41) is 13.3. The van der Waals surface area contributed by atoms with Crippen molar-refractivity contribution < 1.29 is 23.1 Å². The average Bonchev–Trinajstić information content (AvgIpc) is 2.83. The molecule has 0 aliphatic heterocycles. The van der Waals surface area contributed by atoms with Crippen LogP contribution < -0.4 is 0 Å². The van der Waals surface area contributed by atoms with Crippen molar-refractivity contribution in [2.75, 3.05) is 7.11 Å². The van der Waals surface area contributed by atoms with Crippen LogP contribution in [0.4, 0.5) is 13.2 Å². The van der Waals surface area contributed by atoms with Crippen molar-refractivity contribution in [3.63, 3.8) is 0 Å². The Morgan fingerprint density at radius 1 is 1.54 bits per heavy atom. The first kappa shape index (κ1) is 19.0. The Labute approximate surface area is 141 Å². The number of aliphatic hydroxyl groups is 1. The van der Waals surface area contributed by atoms with Gasteiger partial charge in [-0.3, -0.25) is 0 Å². The van der Waals surface area contributed by atoms with Gasteiger partial charge in [-0.2, -0.15) is 13.2 Å². The van der Waals surface area contributed by atoms with Gasteiger partial charge < -0.3 is 9.94 Å². The summed E-state index contributed by atoms with van der Waals surface area (Å²) in [7, 11) is 1.10. The van der Waals surface area contributed by atoms with E-state index in [-0.39, 0.29) is 23.4 Å². The Morgan fingerprint density at radius 3 is 2.88 bits per heavy atom. The highest BCUT2D eigenvalue weighted by molar-refractivity contribution is 5.99. The first-order valence-electron chi connectivity index (χ1n) is 8.43. The molecule has 0 spiro atoms. The molecule has 0 radical (unpaired) electrons. The number of oxime groups is 1. The summed E-state index contributed by atoms with van der Waals surface area (Å²) >= 11 is 0. The molecule has 0 aromatic rings. The maximum Gasteiger partial charge on any atom is 0.436 e. The van der Waals surface area contributed by atoms with Crippen molar-refractivity contribution in [3.05, 3.63) is 23.8 Å². The minimum absolute atomic E-state index is 0.0294. The highest BCUT2D eigenvalue weighted by Gasteiger charge is 2.47. The lowest BCUT2D eigenvalue weighted by molar-refractivity contribution is -0.0604. The van der Waals surface area contributed by atoms with Crippen LogP contribution in [0.3, 0.4) is 0 Å². The molecule has 3 nitrogen and oxygen atoms in total. The molecule has 2 rings (SSSR count). The smallest absolute Gasteiger partial charge is 0.399 e. The van der Waals surface area contributed by atoms with E-state index in [1.165, 1.54) is 11.6 Å². The molecule has 1 saturated carbocycles. The van der Waals surface area contributed by atoms with Crippen LogP contribution in [0.25, 0.3) is 0 Å². The lowest BCUT2D eigenvalue weighted by Gasteiger charge is -2.43. The van der Waals surface area contributed by atoms with Gasteiger partial charge in [-0.05, 0) is 55.4 Å². The first-order chi connectivity index (χ1) is 11.2. The molecule has 6 heteroatoms.